The summed E-state index contributed by atoms with van der Waals surface area (Å²) >= 11 is 1.42. The van der Waals surface area contributed by atoms with Crippen molar-refractivity contribution >= 4 is 23.2 Å². The minimum Gasteiger partial charge on any atom is -0.480 e. The van der Waals surface area contributed by atoms with E-state index in [0.29, 0.717) is 5.69 Å². The number of carboxylic acids is 1. The Bertz CT molecular complexity index is 500. The molecule has 0 bridgehead atoms. The molecule has 0 fully saturated rings. The molecule has 5 nitrogen and oxygen atoms in total. The first kappa shape index (κ1) is 15.6. The van der Waals surface area contributed by atoms with Gasteiger partial charge in [-0.3, -0.25) is 4.79 Å². The number of rotatable bonds is 3. The highest BCUT2D eigenvalue weighted by Crippen LogP contribution is 2.26. The molecule has 1 amide bonds. The summed E-state index contributed by atoms with van der Waals surface area (Å²) in [4.78, 5) is 28.9. The number of hydrogen-bond donors (Lipinski definition) is 1. The van der Waals surface area contributed by atoms with Crippen LogP contribution in [0.5, 0.6) is 0 Å². The van der Waals surface area contributed by atoms with E-state index in [4.69, 9.17) is 5.11 Å². The molecule has 0 radical (unpaired) electrons. The lowest BCUT2D eigenvalue weighted by molar-refractivity contribution is -0.147. The van der Waals surface area contributed by atoms with Gasteiger partial charge in [0.25, 0.3) is 5.91 Å². The summed E-state index contributed by atoms with van der Waals surface area (Å²) in [7, 11) is 1.48. The van der Waals surface area contributed by atoms with Gasteiger partial charge in [0, 0.05) is 17.8 Å². The van der Waals surface area contributed by atoms with Gasteiger partial charge in [0.1, 0.15) is 11.2 Å². The van der Waals surface area contributed by atoms with Crippen LogP contribution in [-0.4, -0.2) is 39.5 Å². The molecule has 1 rings (SSSR count). The Morgan fingerprint density at radius 3 is 2.16 bits per heavy atom. The van der Waals surface area contributed by atoms with Gasteiger partial charge in [-0.15, -0.1) is 11.3 Å². The molecule has 0 saturated heterocycles. The Morgan fingerprint density at radius 2 is 1.79 bits per heavy atom. The van der Waals surface area contributed by atoms with E-state index in [1.807, 2.05) is 20.8 Å². The lowest BCUT2D eigenvalue weighted by atomic mass is 9.98. The Kier molecular flexibility index (Phi) is 4.05. The van der Waals surface area contributed by atoms with Crippen molar-refractivity contribution in [1.29, 1.82) is 0 Å². The summed E-state index contributed by atoms with van der Waals surface area (Å²) in [5, 5.41) is 11.7. The van der Waals surface area contributed by atoms with Crippen molar-refractivity contribution in [1.82, 2.24) is 9.88 Å². The molecule has 6 heteroatoms. The third-order valence-corrected chi connectivity index (χ3v) is 4.30. The number of aliphatic carboxylic acids is 1. The molecule has 1 N–H and O–H groups in total. The quantitative estimate of drug-likeness (QED) is 0.925. The number of hydrogen-bond acceptors (Lipinski definition) is 4. The van der Waals surface area contributed by atoms with Gasteiger partial charge in [-0.05, 0) is 13.8 Å². The predicted octanol–water partition coefficient (Wildman–Crippen LogP) is 2.38. The maximum absolute atomic E-state index is 12.2. The van der Waals surface area contributed by atoms with Gasteiger partial charge < -0.3 is 10.0 Å². The minimum atomic E-state index is -1.26. The first-order chi connectivity index (χ1) is 8.48. The first-order valence-corrected chi connectivity index (χ1v) is 6.83. The molecule has 0 spiro atoms. The lowest BCUT2D eigenvalue weighted by Gasteiger charge is -2.30. The molecule has 1 aromatic rings. The van der Waals surface area contributed by atoms with Gasteiger partial charge in [-0.1, -0.05) is 20.8 Å². The summed E-state index contributed by atoms with van der Waals surface area (Å²) in [6.07, 6.45) is 0. The topological polar surface area (TPSA) is 70.5 Å². The summed E-state index contributed by atoms with van der Waals surface area (Å²) < 4.78 is 0. The van der Waals surface area contributed by atoms with Crippen LogP contribution in [0.15, 0.2) is 5.38 Å². The summed E-state index contributed by atoms with van der Waals surface area (Å²) in [5.41, 5.74) is -1.08. The van der Waals surface area contributed by atoms with Crippen LogP contribution < -0.4 is 0 Å². The fourth-order valence-electron chi connectivity index (χ4n) is 1.29. The van der Waals surface area contributed by atoms with Crippen molar-refractivity contribution in [2.24, 2.45) is 0 Å². The van der Waals surface area contributed by atoms with Crippen LogP contribution in [0.2, 0.25) is 0 Å². The van der Waals surface area contributed by atoms with Crippen LogP contribution in [0.4, 0.5) is 0 Å². The zero-order valence-electron chi connectivity index (χ0n) is 12.1. The van der Waals surface area contributed by atoms with Crippen LogP contribution >= 0.6 is 11.3 Å². The average Bonchev–Trinajstić information content (AvgIpc) is 2.75. The number of aromatic nitrogens is 1. The fourth-order valence-corrected chi connectivity index (χ4v) is 2.17. The molecule has 0 aromatic carbocycles. The van der Waals surface area contributed by atoms with Crippen molar-refractivity contribution in [3.05, 3.63) is 16.1 Å². The van der Waals surface area contributed by atoms with E-state index < -0.39 is 11.5 Å². The predicted molar refractivity (Wildman–Crippen MR) is 74.6 cm³/mol. The zero-order chi connectivity index (χ0) is 15.0. The summed E-state index contributed by atoms with van der Waals surface area (Å²) in [6.45, 7) is 9.04. The van der Waals surface area contributed by atoms with Crippen LogP contribution in [-0.2, 0) is 10.2 Å². The molecule has 0 aliphatic carbocycles. The second-order valence-corrected chi connectivity index (χ2v) is 6.87. The average molecular weight is 284 g/mol. The van der Waals surface area contributed by atoms with Gasteiger partial charge in [-0.2, -0.15) is 0 Å². The van der Waals surface area contributed by atoms with Crippen molar-refractivity contribution < 1.29 is 14.7 Å². The standard InChI is InChI=1S/C13H20N2O3S/c1-12(2,3)10-14-8(7-19-10)9(16)15(6)13(4,5)11(17)18/h7H,1-6H3,(H,17,18). The lowest BCUT2D eigenvalue weighted by Crippen LogP contribution is -2.50. The van der Waals surface area contributed by atoms with Gasteiger partial charge in [0.05, 0.1) is 5.01 Å². The van der Waals surface area contributed by atoms with Gasteiger partial charge >= 0.3 is 5.97 Å². The number of carbonyl (C=O) groups is 2. The van der Waals surface area contributed by atoms with Gasteiger partial charge in [0.2, 0.25) is 0 Å². The third-order valence-electron chi connectivity index (χ3n) is 3.03. The second-order valence-electron chi connectivity index (χ2n) is 6.02. The minimum absolute atomic E-state index is 0.121. The maximum Gasteiger partial charge on any atom is 0.329 e. The highest BCUT2D eigenvalue weighted by molar-refractivity contribution is 7.10. The summed E-state index contributed by atoms with van der Waals surface area (Å²) in [5.74, 6) is -1.42. The zero-order valence-corrected chi connectivity index (χ0v) is 13.0. The number of nitrogens with zero attached hydrogens (tertiary/aromatic N) is 2. The normalized spacial score (nSPS) is 12.3. The molecule has 19 heavy (non-hydrogen) atoms. The number of likely N-dealkylation sites (N-methyl/N-ethyl adjacent to an activating group) is 1. The monoisotopic (exact) mass is 284 g/mol. The van der Waals surface area contributed by atoms with E-state index >= 15 is 0 Å². The van der Waals surface area contributed by atoms with E-state index in [1.165, 1.54) is 37.1 Å². The van der Waals surface area contributed by atoms with Crippen LogP contribution in [0, 0.1) is 0 Å². The Hall–Kier alpha value is -1.43. The molecular weight excluding hydrogens is 264 g/mol. The molecular formula is C13H20N2O3S. The highest BCUT2D eigenvalue weighted by Gasteiger charge is 2.36. The van der Waals surface area contributed by atoms with Crippen LogP contribution in [0.3, 0.4) is 0 Å². The van der Waals surface area contributed by atoms with E-state index in [0.717, 1.165) is 5.01 Å². The maximum atomic E-state index is 12.2. The SMILES string of the molecule is CN(C(=O)c1csc(C(C)(C)C)n1)C(C)(C)C(=O)O. The molecule has 0 saturated carbocycles. The third kappa shape index (κ3) is 3.12. The highest BCUT2D eigenvalue weighted by atomic mass is 32.1. The number of thiazole rings is 1. The Labute approximate surface area is 117 Å². The Morgan fingerprint density at radius 1 is 1.26 bits per heavy atom. The number of amides is 1. The molecule has 1 heterocycles. The van der Waals surface area contributed by atoms with E-state index in [1.54, 1.807) is 5.38 Å². The largest absolute Gasteiger partial charge is 0.480 e. The fraction of sp³-hybridized carbons (Fsp3) is 0.615. The van der Waals surface area contributed by atoms with Crippen LogP contribution in [0.25, 0.3) is 0 Å². The number of carboxylic acid groups (broad SMARTS) is 1. The van der Waals surface area contributed by atoms with Crippen LogP contribution in [0.1, 0.15) is 50.1 Å². The van der Waals surface area contributed by atoms with Crippen molar-refractivity contribution in [3.8, 4) is 0 Å². The van der Waals surface area contributed by atoms with E-state index in [2.05, 4.69) is 4.98 Å². The molecule has 0 unspecified atom stereocenters. The smallest absolute Gasteiger partial charge is 0.329 e. The van der Waals surface area contributed by atoms with E-state index in [9.17, 15) is 9.59 Å². The summed E-state index contributed by atoms with van der Waals surface area (Å²) in [6, 6.07) is 0. The Balaban J connectivity index is 3.02. The molecule has 106 valence electrons. The van der Waals surface area contributed by atoms with Crippen molar-refractivity contribution in [3.63, 3.8) is 0 Å². The van der Waals surface area contributed by atoms with Gasteiger partial charge in [-0.25, -0.2) is 9.78 Å². The second kappa shape index (κ2) is 4.92. The molecule has 0 atom stereocenters. The molecule has 0 aliphatic rings. The first-order valence-electron chi connectivity index (χ1n) is 5.95. The number of carbonyl (C=O) groups excluding carboxylic acids is 1. The van der Waals surface area contributed by atoms with Crippen molar-refractivity contribution in [2.45, 2.75) is 45.6 Å². The van der Waals surface area contributed by atoms with Gasteiger partial charge in [0.15, 0.2) is 0 Å². The molecule has 0 aliphatic heterocycles. The van der Waals surface area contributed by atoms with E-state index in [-0.39, 0.29) is 11.3 Å². The molecule has 1 aromatic heterocycles. The van der Waals surface area contributed by atoms with Crippen molar-refractivity contribution in [2.75, 3.05) is 7.05 Å².